The summed E-state index contributed by atoms with van der Waals surface area (Å²) in [6, 6.07) is 2.16. The summed E-state index contributed by atoms with van der Waals surface area (Å²) in [4.78, 5) is 8.38. The number of nitrogens with zero attached hydrogens (tertiary/aromatic N) is 2. The summed E-state index contributed by atoms with van der Waals surface area (Å²) >= 11 is 0. The van der Waals surface area contributed by atoms with Crippen LogP contribution in [-0.2, 0) is 0 Å². The summed E-state index contributed by atoms with van der Waals surface area (Å²) in [5, 5.41) is 6.59. The monoisotopic (exact) mass is 235 g/mol. The van der Waals surface area contributed by atoms with E-state index in [4.69, 9.17) is 5.73 Å². The number of hydrogen-bond acceptors (Lipinski definition) is 5. The van der Waals surface area contributed by atoms with Crippen molar-refractivity contribution in [3.63, 3.8) is 0 Å². The Morgan fingerprint density at radius 3 is 2.82 bits per heavy atom. The first-order valence-corrected chi connectivity index (χ1v) is 6.30. The maximum absolute atomic E-state index is 5.56. The highest BCUT2D eigenvalue weighted by molar-refractivity contribution is 5.46. The quantitative estimate of drug-likeness (QED) is 0.695. The number of aromatic nitrogens is 2. The molecule has 0 spiro atoms. The van der Waals surface area contributed by atoms with Gasteiger partial charge in [-0.25, -0.2) is 9.97 Å². The number of anilines is 2. The second kappa shape index (κ2) is 5.82. The van der Waals surface area contributed by atoms with Crippen LogP contribution >= 0.6 is 0 Å². The second-order valence-electron chi connectivity index (χ2n) is 4.75. The fourth-order valence-electron chi connectivity index (χ4n) is 1.79. The molecule has 0 bridgehead atoms. The van der Waals surface area contributed by atoms with Gasteiger partial charge >= 0.3 is 0 Å². The summed E-state index contributed by atoms with van der Waals surface area (Å²) in [6.45, 7) is 3.64. The van der Waals surface area contributed by atoms with Crippen molar-refractivity contribution >= 4 is 11.6 Å². The van der Waals surface area contributed by atoms with Gasteiger partial charge in [0, 0.05) is 25.2 Å². The lowest BCUT2D eigenvalue weighted by Gasteiger charge is -2.25. The van der Waals surface area contributed by atoms with Crippen molar-refractivity contribution in [1.82, 2.24) is 9.97 Å². The van der Waals surface area contributed by atoms with Crippen LogP contribution in [0.5, 0.6) is 0 Å². The molecule has 1 aromatic rings. The Hall–Kier alpha value is -1.36. The summed E-state index contributed by atoms with van der Waals surface area (Å²) in [5.74, 6) is 2.54. The molecule has 1 saturated carbocycles. The molecule has 1 heterocycles. The van der Waals surface area contributed by atoms with Crippen LogP contribution in [0.4, 0.5) is 11.6 Å². The molecule has 0 aromatic carbocycles. The molecule has 1 aromatic heterocycles. The van der Waals surface area contributed by atoms with Crippen LogP contribution in [0.1, 0.15) is 26.2 Å². The van der Waals surface area contributed by atoms with E-state index in [9.17, 15) is 0 Å². The van der Waals surface area contributed by atoms with Crippen molar-refractivity contribution < 1.29 is 0 Å². The molecular weight excluding hydrogens is 214 g/mol. The molecule has 0 saturated heterocycles. The predicted molar refractivity (Wildman–Crippen MR) is 70.0 cm³/mol. The standard InChI is InChI=1S/C12H21N5/c1-9(6-13)17-12-5-11(15-8-16-12)14-7-10-3-2-4-10/h5,8-10H,2-4,6-7,13H2,1H3,(H2,14,15,16,17). The third kappa shape index (κ3) is 3.56. The summed E-state index contributed by atoms with van der Waals surface area (Å²) < 4.78 is 0. The molecular formula is C12H21N5. The zero-order valence-corrected chi connectivity index (χ0v) is 10.3. The minimum atomic E-state index is 0.226. The van der Waals surface area contributed by atoms with Gasteiger partial charge in [-0.2, -0.15) is 0 Å². The third-order valence-corrected chi connectivity index (χ3v) is 3.21. The van der Waals surface area contributed by atoms with Gasteiger partial charge in [0.15, 0.2) is 0 Å². The van der Waals surface area contributed by atoms with E-state index in [-0.39, 0.29) is 6.04 Å². The Labute approximate surface area is 102 Å². The highest BCUT2D eigenvalue weighted by Gasteiger charge is 2.16. The van der Waals surface area contributed by atoms with E-state index in [1.807, 2.05) is 13.0 Å². The largest absolute Gasteiger partial charge is 0.370 e. The van der Waals surface area contributed by atoms with Gasteiger partial charge in [-0.15, -0.1) is 0 Å². The number of hydrogen-bond donors (Lipinski definition) is 3. The fraction of sp³-hybridized carbons (Fsp3) is 0.667. The molecule has 5 heteroatoms. The Morgan fingerprint density at radius 2 is 2.18 bits per heavy atom. The number of rotatable bonds is 6. The summed E-state index contributed by atoms with van der Waals surface area (Å²) in [7, 11) is 0. The Bertz CT molecular complexity index is 351. The smallest absolute Gasteiger partial charge is 0.131 e. The molecule has 4 N–H and O–H groups in total. The highest BCUT2D eigenvalue weighted by atomic mass is 15.1. The van der Waals surface area contributed by atoms with Gasteiger partial charge in [-0.1, -0.05) is 6.42 Å². The lowest BCUT2D eigenvalue weighted by Crippen LogP contribution is -2.26. The first-order valence-electron chi connectivity index (χ1n) is 6.30. The van der Waals surface area contributed by atoms with E-state index in [0.29, 0.717) is 6.54 Å². The predicted octanol–water partition coefficient (Wildman–Crippen LogP) is 1.45. The molecule has 1 aliphatic rings. The van der Waals surface area contributed by atoms with Crippen LogP contribution in [0.3, 0.4) is 0 Å². The average molecular weight is 235 g/mol. The van der Waals surface area contributed by atoms with E-state index in [1.54, 1.807) is 6.33 Å². The van der Waals surface area contributed by atoms with Crippen LogP contribution in [-0.4, -0.2) is 29.1 Å². The molecule has 1 unspecified atom stereocenters. The molecule has 1 atom stereocenters. The molecule has 0 aliphatic heterocycles. The molecule has 2 rings (SSSR count). The molecule has 5 nitrogen and oxygen atoms in total. The Kier molecular flexibility index (Phi) is 4.14. The second-order valence-corrected chi connectivity index (χ2v) is 4.75. The van der Waals surface area contributed by atoms with E-state index < -0.39 is 0 Å². The van der Waals surface area contributed by atoms with Crippen molar-refractivity contribution in [3.05, 3.63) is 12.4 Å². The summed E-state index contributed by atoms with van der Waals surface area (Å²) in [5.41, 5.74) is 5.56. The lowest BCUT2D eigenvalue weighted by atomic mass is 9.85. The normalized spacial score (nSPS) is 17.3. The van der Waals surface area contributed by atoms with Gasteiger partial charge in [-0.3, -0.25) is 0 Å². The minimum Gasteiger partial charge on any atom is -0.370 e. The van der Waals surface area contributed by atoms with Gasteiger partial charge < -0.3 is 16.4 Å². The van der Waals surface area contributed by atoms with Crippen molar-refractivity contribution in [2.24, 2.45) is 11.7 Å². The third-order valence-electron chi connectivity index (χ3n) is 3.21. The first kappa shape index (κ1) is 12.1. The van der Waals surface area contributed by atoms with Crippen molar-refractivity contribution in [1.29, 1.82) is 0 Å². The van der Waals surface area contributed by atoms with Crippen LogP contribution in [0.2, 0.25) is 0 Å². The van der Waals surface area contributed by atoms with Gasteiger partial charge in [0.2, 0.25) is 0 Å². The van der Waals surface area contributed by atoms with Crippen molar-refractivity contribution in [3.8, 4) is 0 Å². The van der Waals surface area contributed by atoms with E-state index in [1.165, 1.54) is 19.3 Å². The number of nitrogens with two attached hydrogens (primary N) is 1. The van der Waals surface area contributed by atoms with E-state index in [0.717, 1.165) is 24.1 Å². The van der Waals surface area contributed by atoms with Crippen molar-refractivity contribution in [2.75, 3.05) is 23.7 Å². The Balaban J connectivity index is 1.86. The average Bonchev–Trinajstić information content (AvgIpc) is 2.27. The zero-order chi connectivity index (χ0) is 12.1. The summed E-state index contributed by atoms with van der Waals surface area (Å²) in [6.07, 6.45) is 5.63. The van der Waals surface area contributed by atoms with Crippen LogP contribution in [0.25, 0.3) is 0 Å². The molecule has 0 radical (unpaired) electrons. The van der Waals surface area contributed by atoms with Gasteiger partial charge in [-0.05, 0) is 25.7 Å². The van der Waals surface area contributed by atoms with Crippen LogP contribution in [0.15, 0.2) is 12.4 Å². The van der Waals surface area contributed by atoms with Crippen LogP contribution < -0.4 is 16.4 Å². The van der Waals surface area contributed by atoms with Gasteiger partial charge in [0.1, 0.15) is 18.0 Å². The molecule has 0 amide bonds. The molecule has 1 aliphatic carbocycles. The fourth-order valence-corrected chi connectivity index (χ4v) is 1.79. The maximum atomic E-state index is 5.56. The van der Waals surface area contributed by atoms with E-state index in [2.05, 4.69) is 20.6 Å². The number of nitrogens with one attached hydrogen (secondary N) is 2. The lowest BCUT2D eigenvalue weighted by molar-refractivity contribution is 0.333. The van der Waals surface area contributed by atoms with Crippen molar-refractivity contribution in [2.45, 2.75) is 32.2 Å². The topological polar surface area (TPSA) is 75.9 Å². The highest BCUT2D eigenvalue weighted by Crippen LogP contribution is 2.26. The van der Waals surface area contributed by atoms with Gasteiger partial charge in [0.05, 0.1) is 0 Å². The molecule has 17 heavy (non-hydrogen) atoms. The zero-order valence-electron chi connectivity index (χ0n) is 10.3. The van der Waals surface area contributed by atoms with Gasteiger partial charge in [0.25, 0.3) is 0 Å². The SMILES string of the molecule is CC(CN)Nc1cc(NCC2CCC2)ncn1. The van der Waals surface area contributed by atoms with E-state index >= 15 is 0 Å². The van der Waals surface area contributed by atoms with Crippen LogP contribution in [0, 0.1) is 5.92 Å². The minimum absolute atomic E-state index is 0.226. The maximum Gasteiger partial charge on any atom is 0.131 e. The molecule has 1 fully saturated rings. The molecule has 94 valence electrons. The Morgan fingerprint density at radius 1 is 1.41 bits per heavy atom. The first-order chi connectivity index (χ1) is 8.28.